The largest absolute Gasteiger partial charge is 0.477 e. The molecule has 1 aromatic rings. The summed E-state index contributed by atoms with van der Waals surface area (Å²) in [4.78, 5) is 71.4. The third kappa shape index (κ3) is 6.95. The van der Waals surface area contributed by atoms with E-state index in [-0.39, 0.29) is 28.0 Å². The molecule has 17 heteroatoms. The number of thiazole rings is 1. The van der Waals surface area contributed by atoms with Crippen molar-refractivity contribution in [1.82, 2.24) is 25.6 Å². The molecule has 0 radical (unpaired) electrons. The van der Waals surface area contributed by atoms with E-state index < -0.39 is 40.9 Å². The third-order valence-electron chi connectivity index (χ3n) is 5.62. The van der Waals surface area contributed by atoms with Crippen LogP contribution in [-0.2, 0) is 28.8 Å². The highest BCUT2D eigenvalue weighted by Crippen LogP contribution is 2.41. The number of rotatable bonds is 13. The number of carbonyl (C=O) groups excluding carboxylic acids is 4. The number of thioether (sulfide) groups is 2. The summed E-state index contributed by atoms with van der Waals surface area (Å²) in [5.41, 5.74) is 8.51. The number of nitrogen functional groups attached to an aromatic ring is 1. The SMILES string of the molecule is CCC/C=C(\SCC1=C(C(=O)O)N2C(=O)[C@@H](NC(=O)/C(=N\OC)c3csc(N)n3)C2SC1)N(C)NC(=O)C(C)=O. The van der Waals surface area contributed by atoms with E-state index in [9.17, 15) is 29.1 Å². The van der Waals surface area contributed by atoms with Gasteiger partial charge < -0.3 is 21.0 Å². The van der Waals surface area contributed by atoms with Crippen LogP contribution < -0.4 is 16.5 Å². The van der Waals surface area contributed by atoms with Gasteiger partial charge in [-0.25, -0.2) is 9.78 Å². The molecule has 3 amide bonds. The summed E-state index contributed by atoms with van der Waals surface area (Å²) in [7, 11) is 2.85. The van der Waals surface area contributed by atoms with Gasteiger partial charge in [-0.3, -0.25) is 34.5 Å². The number of oxime groups is 1. The van der Waals surface area contributed by atoms with Crippen LogP contribution in [0.25, 0.3) is 0 Å². The van der Waals surface area contributed by atoms with Gasteiger partial charge in [-0.1, -0.05) is 24.6 Å². The number of hydrazine groups is 1. The molecule has 0 aromatic carbocycles. The Hall–Kier alpha value is -3.57. The molecule has 1 unspecified atom stereocenters. The van der Waals surface area contributed by atoms with Crippen molar-refractivity contribution >= 4 is 75.2 Å². The summed E-state index contributed by atoms with van der Waals surface area (Å²) in [6.07, 6.45) is 3.40. The lowest BCUT2D eigenvalue weighted by Crippen LogP contribution is -2.71. The Morgan fingerprint density at radius 3 is 2.67 bits per heavy atom. The van der Waals surface area contributed by atoms with E-state index in [0.29, 0.717) is 22.8 Å². The first kappa shape index (κ1) is 31.0. The highest BCUT2D eigenvalue weighted by Gasteiger charge is 2.54. The number of fused-ring (bicyclic) bond motifs is 1. The summed E-state index contributed by atoms with van der Waals surface area (Å²) in [5.74, 6) is -3.47. The Morgan fingerprint density at radius 2 is 2.10 bits per heavy atom. The number of β-lactam (4-membered cyclic amide) rings is 1. The zero-order chi connectivity index (χ0) is 29.6. The van der Waals surface area contributed by atoms with E-state index in [1.807, 2.05) is 13.0 Å². The van der Waals surface area contributed by atoms with Gasteiger partial charge in [0.1, 0.15) is 29.9 Å². The molecule has 2 aliphatic heterocycles. The maximum atomic E-state index is 13.1. The van der Waals surface area contributed by atoms with Gasteiger partial charge in [0.05, 0.1) is 5.03 Å². The van der Waals surface area contributed by atoms with E-state index in [0.717, 1.165) is 24.7 Å². The van der Waals surface area contributed by atoms with Gasteiger partial charge >= 0.3 is 11.9 Å². The molecule has 216 valence electrons. The number of Topliss-reactive ketones (excluding diaryl/α,β-unsaturated/α-hetero) is 1. The van der Waals surface area contributed by atoms with E-state index >= 15 is 0 Å². The van der Waals surface area contributed by atoms with Crippen LogP contribution in [0.2, 0.25) is 0 Å². The number of carboxylic acid groups (broad SMARTS) is 1. The molecule has 0 spiro atoms. The zero-order valence-corrected chi connectivity index (χ0v) is 24.6. The Balaban J connectivity index is 1.75. The summed E-state index contributed by atoms with van der Waals surface area (Å²) < 4.78 is 0. The molecule has 5 N–H and O–H groups in total. The van der Waals surface area contributed by atoms with Gasteiger partial charge in [0.15, 0.2) is 10.8 Å². The number of anilines is 1. The number of carbonyl (C=O) groups is 5. The number of nitrogens with one attached hydrogen (secondary N) is 2. The first-order valence-corrected chi connectivity index (χ1v) is 14.8. The number of nitrogens with zero attached hydrogens (tertiary/aromatic N) is 4. The van der Waals surface area contributed by atoms with E-state index in [1.54, 1.807) is 7.05 Å². The zero-order valence-electron chi connectivity index (χ0n) is 22.1. The molecule has 14 nitrogen and oxygen atoms in total. The van der Waals surface area contributed by atoms with Crippen LogP contribution in [0.3, 0.4) is 0 Å². The van der Waals surface area contributed by atoms with Crippen molar-refractivity contribution in [2.45, 2.75) is 38.1 Å². The van der Waals surface area contributed by atoms with Gasteiger partial charge in [-0.15, -0.1) is 34.9 Å². The number of allylic oxidation sites excluding steroid dienone is 1. The van der Waals surface area contributed by atoms with Crippen LogP contribution in [0.15, 0.2) is 32.9 Å². The lowest BCUT2D eigenvalue weighted by Gasteiger charge is -2.49. The van der Waals surface area contributed by atoms with Gasteiger partial charge in [-0.05, 0) is 12.0 Å². The first-order valence-electron chi connectivity index (χ1n) is 11.9. The molecule has 1 fully saturated rings. The second kappa shape index (κ2) is 13.7. The highest BCUT2D eigenvalue weighted by atomic mass is 32.2. The minimum Gasteiger partial charge on any atom is -0.477 e. The number of unbranched alkanes of at least 4 members (excludes halogenated alkanes) is 1. The topological polar surface area (TPSA) is 197 Å². The van der Waals surface area contributed by atoms with Gasteiger partial charge in [0.25, 0.3) is 11.8 Å². The molecule has 0 aliphatic carbocycles. The minimum absolute atomic E-state index is 0.143. The quantitative estimate of drug-likeness (QED) is 0.106. The second-order valence-corrected chi connectivity index (χ2v) is 11.5. The Bertz CT molecular complexity index is 1290. The average Bonchev–Trinajstić information content (AvgIpc) is 3.34. The molecule has 1 saturated heterocycles. The molecular formula is C23H29N7O7S3. The molecule has 0 saturated carbocycles. The minimum atomic E-state index is -1.27. The van der Waals surface area contributed by atoms with Crippen LogP contribution in [0.5, 0.6) is 0 Å². The Labute approximate surface area is 242 Å². The molecule has 3 heterocycles. The van der Waals surface area contributed by atoms with Crippen molar-refractivity contribution in [3.05, 3.63) is 33.4 Å². The standard InChI is InChI=1S/C23H29N7O7S3/c1-5-6-7-14(29(3)27-18(32)11(2)31)38-8-12-9-39-21-16(20(34)30(21)17(12)22(35)36)26-19(33)15(28-37-4)13-10-40-23(24)25-13/h7,10,16,21H,5-6,8-9H2,1-4H3,(H2,24,25)(H,26,33)(H,27,32)(H,35,36)/b14-7-,28-15-/t16-,21?/m1/s1. The Kier molecular flexibility index (Phi) is 10.6. The molecule has 3 rings (SSSR count). The number of nitrogens with two attached hydrogens (primary N) is 1. The fraction of sp³-hybridized carbons (Fsp3) is 0.435. The number of hydrogen-bond acceptors (Lipinski definition) is 13. The van der Waals surface area contributed by atoms with E-state index in [4.69, 9.17) is 10.6 Å². The molecular weight excluding hydrogens is 582 g/mol. The number of carboxylic acids is 1. The van der Waals surface area contributed by atoms with Crippen LogP contribution in [0, 0.1) is 0 Å². The highest BCUT2D eigenvalue weighted by molar-refractivity contribution is 8.03. The Morgan fingerprint density at radius 1 is 1.38 bits per heavy atom. The molecule has 1 aromatic heterocycles. The van der Waals surface area contributed by atoms with Gasteiger partial charge in [0.2, 0.25) is 5.78 Å². The summed E-state index contributed by atoms with van der Waals surface area (Å²) in [6, 6.07) is -0.980. The number of ketones is 1. The van der Waals surface area contributed by atoms with Crippen LogP contribution in [0.4, 0.5) is 5.13 Å². The van der Waals surface area contributed by atoms with Crippen LogP contribution >= 0.6 is 34.9 Å². The fourth-order valence-electron chi connectivity index (χ4n) is 3.70. The van der Waals surface area contributed by atoms with Crippen molar-refractivity contribution < 1.29 is 33.9 Å². The normalized spacial score (nSPS) is 19.0. The number of amides is 3. The molecule has 40 heavy (non-hydrogen) atoms. The second-order valence-electron chi connectivity index (χ2n) is 8.49. The smallest absolute Gasteiger partial charge is 0.352 e. The number of hydrogen-bond donors (Lipinski definition) is 4. The fourth-order valence-corrected chi connectivity index (χ4v) is 6.76. The van der Waals surface area contributed by atoms with Crippen molar-refractivity contribution in [3.63, 3.8) is 0 Å². The molecule has 0 bridgehead atoms. The van der Waals surface area contributed by atoms with E-state index in [2.05, 4.69) is 20.9 Å². The van der Waals surface area contributed by atoms with Gasteiger partial charge in [0, 0.05) is 30.9 Å². The van der Waals surface area contributed by atoms with Crippen molar-refractivity contribution in [2.24, 2.45) is 5.16 Å². The van der Waals surface area contributed by atoms with Gasteiger partial charge in [-0.2, -0.15) is 0 Å². The van der Waals surface area contributed by atoms with Crippen LogP contribution in [-0.4, -0.2) is 92.3 Å². The summed E-state index contributed by atoms with van der Waals surface area (Å²) in [6.45, 7) is 3.14. The lowest BCUT2D eigenvalue weighted by molar-refractivity contribution is -0.150. The number of aromatic nitrogens is 1. The van der Waals surface area contributed by atoms with E-state index in [1.165, 1.54) is 45.9 Å². The maximum absolute atomic E-state index is 13.1. The van der Waals surface area contributed by atoms with Crippen LogP contribution in [0.1, 0.15) is 32.4 Å². The van der Waals surface area contributed by atoms with Crippen molar-refractivity contribution in [2.75, 3.05) is 31.4 Å². The predicted octanol–water partition coefficient (Wildman–Crippen LogP) is 0.741. The molecule has 2 aliphatic rings. The lowest BCUT2D eigenvalue weighted by atomic mass is 10.0. The molecule has 2 atom stereocenters. The first-order chi connectivity index (χ1) is 19.0. The monoisotopic (exact) mass is 611 g/mol. The number of aliphatic carboxylic acids is 1. The summed E-state index contributed by atoms with van der Waals surface area (Å²) in [5, 5.41) is 19.5. The third-order valence-corrected chi connectivity index (χ3v) is 8.86. The maximum Gasteiger partial charge on any atom is 0.352 e. The summed E-state index contributed by atoms with van der Waals surface area (Å²) >= 11 is 3.70. The van der Waals surface area contributed by atoms with Crippen molar-refractivity contribution in [1.29, 1.82) is 0 Å². The predicted molar refractivity (Wildman–Crippen MR) is 152 cm³/mol. The average molecular weight is 612 g/mol. The van der Waals surface area contributed by atoms with Crippen molar-refractivity contribution in [3.8, 4) is 0 Å².